The van der Waals surface area contributed by atoms with Crippen LogP contribution < -0.4 is 5.32 Å². The summed E-state index contributed by atoms with van der Waals surface area (Å²) in [5, 5.41) is 11.4. The van der Waals surface area contributed by atoms with Crippen LogP contribution in [0.4, 0.5) is 5.95 Å². The highest BCUT2D eigenvalue weighted by atomic mass is 16.5. The molecule has 4 heterocycles. The van der Waals surface area contributed by atoms with Gasteiger partial charge in [-0.2, -0.15) is 10.1 Å². The summed E-state index contributed by atoms with van der Waals surface area (Å²) in [7, 11) is 5.20. The Bertz CT molecular complexity index is 1270. The van der Waals surface area contributed by atoms with Crippen LogP contribution in [0.15, 0.2) is 47.6 Å². The van der Waals surface area contributed by atoms with Crippen molar-refractivity contribution in [1.82, 2.24) is 39.8 Å². The van der Waals surface area contributed by atoms with Gasteiger partial charge in [0, 0.05) is 51.5 Å². The van der Waals surface area contributed by atoms with Crippen molar-refractivity contribution >= 4 is 11.9 Å². The zero-order valence-electron chi connectivity index (χ0n) is 19.2. The Morgan fingerprint density at radius 3 is 2.59 bits per heavy atom. The molecule has 4 aromatic rings. The maximum absolute atomic E-state index is 11.9. The molecule has 5 rings (SSSR count). The number of carbonyl (C=O) groups is 1. The van der Waals surface area contributed by atoms with Gasteiger partial charge in [0.05, 0.1) is 23.4 Å². The number of anilines is 1. The van der Waals surface area contributed by atoms with Gasteiger partial charge >= 0.3 is 0 Å². The predicted molar refractivity (Wildman–Crippen MR) is 124 cm³/mol. The Morgan fingerprint density at radius 1 is 1.15 bits per heavy atom. The van der Waals surface area contributed by atoms with E-state index in [9.17, 15) is 4.79 Å². The molecular formula is C23H25N9O2. The Balaban J connectivity index is 1.35. The summed E-state index contributed by atoms with van der Waals surface area (Å²) in [6, 6.07) is 4.02. The largest absolute Gasteiger partial charge is 0.357 e. The summed E-state index contributed by atoms with van der Waals surface area (Å²) in [5.41, 5.74) is 3.37. The second kappa shape index (κ2) is 9.00. The Kier molecular flexibility index (Phi) is 5.74. The van der Waals surface area contributed by atoms with E-state index < -0.39 is 0 Å². The molecule has 1 aliphatic rings. The normalized spacial score (nSPS) is 14.1. The molecule has 4 aromatic heterocycles. The number of aromatic nitrogens is 7. The van der Waals surface area contributed by atoms with Crippen molar-refractivity contribution in [3.8, 4) is 22.7 Å². The third kappa shape index (κ3) is 4.49. The molecule has 0 radical (unpaired) electrons. The second-order valence-electron chi connectivity index (χ2n) is 8.51. The van der Waals surface area contributed by atoms with Crippen molar-refractivity contribution in [2.75, 3.05) is 26.5 Å². The number of pyridine rings is 1. The highest BCUT2D eigenvalue weighted by Gasteiger charge is 2.37. The summed E-state index contributed by atoms with van der Waals surface area (Å²) >= 11 is 0. The van der Waals surface area contributed by atoms with Crippen molar-refractivity contribution in [2.45, 2.75) is 25.3 Å². The number of hydrogen-bond donors (Lipinski definition) is 1. The molecule has 0 aliphatic heterocycles. The van der Waals surface area contributed by atoms with E-state index in [0.29, 0.717) is 29.1 Å². The number of rotatable bonds is 8. The second-order valence-corrected chi connectivity index (χ2v) is 8.51. The number of carbonyl (C=O) groups excluding carboxylic acids is 1. The van der Waals surface area contributed by atoms with Crippen molar-refractivity contribution in [3.63, 3.8) is 0 Å². The third-order valence-electron chi connectivity index (χ3n) is 5.81. The molecule has 1 fully saturated rings. The first-order valence-electron chi connectivity index (χ1n) is 11.0. The third-order valence-corrected chi connectivity index (χ3v) is 5.81. The van der Waals surface area contributed by atoms with Crippen molar-refractivity contribution in [3.05, 3.63) is 54.5 Å². The fraction of sp³-hybridized carbons (Fsp3) is 0.348. The van der Waals surface area contributed by atoms with Gasteiger partial charge in [-0.1, -0.05) is 11.2 Å². The number of hydrogen-bond acceptors (Lipinski definition) is 9. The molecule has 0 bridgehead atoms. The van der Waals surface area contributed by atoms with Gasteiger partial charge in [-0.15, -0.1) is 0 Å². The molecule has 1 amide bonds. The van der Waals surface area contributed by atoms with E-state index in [-0.39, 0.29) is 18.4 Å². The van der Waals surface area contributed by atoms with E-state index in [1.165, 1.54) is 4.90 Å². The summed E-state index contributed by atoms with van der Waals surface area (Å²) in [6.45, 7) is 0.152. The molecule has 0 spiro atoms. The first kappa shape index (κ1) is 21.7. The molecule has 34 heavy (non-hydrogen) atoms. The molecule has 11 nitrogen and oxygen atoms in total. The van der Waals surface area contributed by atoms with E-state index in [1.807, 2.05) is 12.3 Å². The molecule has 0 unspecified atom stereocenters. The first-order chi connectivity index (χ1) is 16.5. The minimum Gasteiger partial charge on any atom is -0.357 e. The highest BCUT2D eigenvalue weighted by Crippen LogP contribution is 2.45. The van der Waals surface area contributed by atoms with Gasteiger partial charge in [0.15, 0.2) is 5.82 Å². The maximum Gasteiger partial charge on any atom is 0.261 e. The van der Waals surface area contributed by atoms with Crippen LogP contribution in [-0.2, 0) is 11.3 Å². The molecule has 1 saturated carbocycles. The van der Waals surface area contributed by atoms with Gasteiger partial charge in [-0.25, -0.2) is 9.97 Å². The van der Waals surface area contributed by atoms with Gasteiger partial charge in [-0.3, -0.25) is 14.5 Å². The maximum atomic E-state index is 11.9. The zero-order valence-corrected chi connectivity index (χ0v) is 19.2. The number of nitrogens with zero attached hydrogens (tertiary/aromatic N) is 8. The molecule has 0 saturated heterocycles. The lowest BCUT2D eigenvalue weighted by molar-refractivity contribution is -0.129. The van der Waals surface area contributed by atoms with Crippen molar-refractivity contribution in [2.24, 2.45) is 5.92 Å². The molecular weight excluding hydrogens is 434 g/mol. The predicted octanol–water partition coefficient (Wildman–Crippen LogP) is 2.46. The first-order valence-corrected chi connectivity index (χ1v) is 11.0. The fourth-order valence-corrected chi connectivity index (χ4v) is 3.73. The van der Waals surface area contributed by atoms with Crippen LogP contribution in [-0.4, -0.2) is 66.8 Å². The van der Waals surface area contributed by atoms with Gasteiger partial charge in [-0.05, 0) is 30.4 Å². The minimum absolute atomic E-state index is 0.00679. The number of amides is 1. The Hall–Kier alpha value is -4.15. The monoisotopic (exact) mass is 459 g/mol. The van der Waals surface area contributed by atoms with E-state index in [4.69, 9.17) is 4.52 Å². The lowest BCUT2D eigenvalue weighted by Gasteiger charge is -2.12. The van der Waals surface area contributed by atoms with Crippen LogP contribution in [0.2, 0.25) is 0 Å². The highest BCUT2D eigenvalue weighted by molar-refractivity contribution is 5.75. The zero-order chi connectivity index (χ0) is 23.7. The fourth-order valence-electron chi connectivity index (χ4n) is 3.73. The summed E-state index contributed by atoms with van der Waals surface area (Å²) in [5.74, 6) is 2.00. The SMILES string of the molecule is CNc1ncc(-c2ccc([C@H](c3noc(-c4cnn(CC(=O)N(C)C)c4)n3)C3CC3)cn2)cn1. The van der Waals surface area contributed by atoms with Crippen molar-refractivity contribution < 1.29 is 9.32 Å². The smallest absolute Gasteiger partial charge is 0.261 e. The Morgan fingerprint density at radius 2 is 1.94 bits per heavy atom. The minimum atomic E-state index is -0.0462. The molecule has 1 aliphatic carbocycles. The molecule has 11 heteroatoms. The van der Waals surface area contributed by atoms with Gasteiger partial charge < -0.3 is 14.7 Å². The lowest BCUT2D eigenvalue weighted by Crippen LogP contribution is -2.26. The van der Waals surface area contributed by atoms with Gasteiger partial charge in [0.25, 0.3) is 5.89 Å². The average molecular weight is 460 g/mol. The standard InChI is InChI=1S/C23H25N9O2/c1-24-23-26-9-16(10-27-23)18-7-6-15(8-25-18)20(14-4-5-14)21-29-22(34-30-21)17-11-28-32(12-17)13-19(33)31(2)3/h6-12,14,20H,4-5,13H2,1-3H3,(H,24,26,27)/t20-/m1/s1. The average Bonchev–Trinajstić information content (AvgIpc) is 3.37. The van der Waals surface area contributed by atoms with Gasteiger partial charge in [0.2, 0.25) is 11.9 Å². The summed E-state index contributed by atoms with van der Waals surface area (Å²) in [6.07, 6.45) is 11.0. The quantitative estimate of drug-likeness (QED) is 0.422. The van der Waals surface area contributed by atoms with E-state index in [1.54, 1.807) is 50.6 Å². The van der Waals surface area contributed by atoms with E-state index in [0.717, 1.165) is 29.7 Å². The Labute approximate surface area is 196 Å². The lowest BCUT2D eigenvalue weighted by atomic mass is 9.94. The molecule has 1 N–H and O–H groups in total. The summed E-state index contributed by atoms with van der Waals surface area (Å²) < 4.78 is 7.12. The van der Waals surface area contributed by atoms with Crippen LogP contribution in [0.1, 0.15) is 30.1 Å². The van der Waals surface area contributed by atoms with Crippen LogP contribution >= 0.6 is 0 Å². The molecule has 174 valence electrons. The molecule has 1 atom stereocenters. The van der Waals surface area contributed by atoms with Crippen LogP contribution in [0.3, 0.4) is 0 Å². The number of nitrogens with one attached hydrogen (secondary N) is 1. The topological polar surface area (TPSA) is 128 Å². The van der Waals surface area contributed by atoms with E-state index in [2.05, 4.69) is 41.6 Å². The van der Waals surface area contributed by atoms with Gasteiger partial charge in [0.1, 0.15) is 6.54 Å². The van der Waals surface area contributed by atoms with Crippen LogP contribution in [0.25, 0.3) is 22.7 Å². The van der Waals surface area contributed by atoms with Crippen LogP contribution in [0.5, 0.6) is 0 Å². The number of likely N-dealkylation sites (N-methyl/N-ethyl adjacent to an activating group) is 1. The van der Waals surface area contributed by atoms with Crippen LogP contribution in [0, 0.1) is 5.92 Å². The van der Waals surface area contributed by atoms with Crippen molar-refractivity contribution in [1.29, 1.82) is 0 Å². The van der Waals surface area contributed by atoms with E-state index >= 15 is 0 Å². The summed E-state index contributed by atoms with van der Waals surface area (Å²) in [4.78, 5) is 31.3. The molecule has 0 aromatic carbocycles.